The molecular formula is C10H20N2. The average molecular weight is 168 g/mol. The van der Waals surface area contributed by atoms with E-state index >= 15 is 0 Å². The second-order valence-electron chi connectivity index (χ2n) is 3.73. The Morgan fingerprint density at radius 3 is 2.00 bits per heavy atom. The SMILES string of the molecule is C=C(C)N1CCCN(C)CCC1. The minimum absolute atomic E-state index is 1.18. The maximum atomic E-state index is 3.98. The summed E-state index contributed by atoms with van der Waals surface area (Å²) in [5.41, 5.74) is 1.22. The first-order valence-electron chi connectivity index (χ1n) is 4.79. The summed E-state index contributed by atoms with van der Waals surface area (Å²) < 4.78 is 0. The van der Waals surface area contributed by atoms with Gasteiger partial charge in [0.15, 0.2) is 0 Å². The van der Waals surface area contributed by atoms with Crippen LogP contribution >= 0.6 is 0 Å². The highest BCUT2D eigenvalue weighted by Gasteiger charge is 2.08. The summed E-state index contributed by atoms with van der Waals surface area (Å²) in [5.74, 6) is 0. The molecule has 1 aliphatic rings. The average Bonchev–Trinajstić information content (AvgIpc) is 1.95. The van der Waals surface area contributed by atoms with Crippen LogP contribution in [0.15, 0.2) is 12.3 Å². The van der Waals surface area contributed by atoms with Gasteiger partial charge in [-0.2, -0.15) is 0 Å². The van der Waals surface area contributed by atoms with Crippen LogP contribution in [0.3, 0.4) is 0 Å². The van der Waals surface area contributed by atoms with Crippen LogP contribution in [0.4, 0.5) is 0 Å². The monoisotopic (exact) mass is 168 g/mol. The lowest BCUT2D eigenvalue weighted by molar-refractivity contribution is 0.234. The fraction of sp³-hybridized carbons (Fsp3) is 0.800. The molecule has 12 heavy (non-hydrogen) atoms. The quantitative estimate of drug-likeness (QED) is 0.586. The molecular weight excluding hydrogens is 148 g/mol. The Morgan fingerprint density at radius 1 is 1.08 bits per heavy atom. The van der Waals surface area contributed by atoms with Gasteiger partial charge in [-0.3, -0.25) is 0 Å². The van der Waals surface area contributed by atoms with Gasteiger partial charge in [0.2, 0.25) is 0 Å². The fourth-order valence-electron chi connectivity index (χ4n) is 1.67. The smallest absolute Gasteiger partial charge is 0.0186 e. The summed E-state index contributed by atoms with van der Waals surface area (Å²) in [6, 6.07) is 0. The second-order valence-corrected chi connectivity index (χ2v) is 3.73. The van der Waals surface area contributed by atoms with E-state index in [1.807, 2.05) is 0 Å². The number of hydrogen-bond donors (Lipinski definition) is 0. The molecule has 1 heterocycles. The molecule has 0 aliphatic carbocycles. The van der Waals surface area contributed by atoms with Gasteiger partial charge in [0.05, 0.1) is 0 Å². The highest BCUT2D eigenvalue weighted by Crippen LogP contribution is 2.07. The molecule has 2 heteroatoms. The molecule has 0 amide bonds. The van der Waals surface area contributed by atoms with Gasteiger partial charge in [-0.15, -0.1) is 0 Å². The number of nitrogens with zero attached hydrogens (tertiary/aromatic N) is 2. The predicted octanol–water partition coefficient (Wildman–Crippen LogP) is 1.55. The van der Waals surface area contributed by atoms with Crippen molar-refractivity contribution in [3.8, 4) is 0 Å². The van der Waals surface area contributed by atoms with Crippen molar-refractivity contribution in [1.82, 2.24) is 9.80 Å². The summed E-state index contributed by atoms with van der Waals surface area (Å²) in [6.45, 7) is 10.9. The third-order valence-corrected chi connectivity index (χ3v) is 2.48. The highest BCUT2D eigenvalue weighted by molar-refractivity contribution is 4.89. The summed E-state index contributed by atoms with van der Waals surface area (Å²) in [6.07, 6.45) is 2.53. The lowest BCUT2D eigenvalue weighted by atomic mass is 10.2. The molecule has 0 unspecified atom stereocenters. The van der Waals surface area contributed by atoms with Crippen molar-refractivity contribution in [1.29, 1.82) is 0 Å². The largest absolute Gasteiger partial charge is 0.375 e. The number of rotatable bonds is 1. The minimum Gasteiger partial charge on any atom is -0.375 e. The Bertz CT molecular complexity index is 144. The molecule has 0 aromatic carbocycles. The Balaban J connectivity index is 2.35. The zero-order valence-corrected chi connectivity index (χ0v) is 8.34. The molecule has 0 N–H and O–H groups in total. The minimum atomic E-state index is 1.18. The van der Waals surface area contributed by atoms with Gasteiger partial charge >= 0.3 is 0 Å². The third kappa shape index (κ3) is 2.86. The maximum Gasteiger partial charge on any atom is 0.0186 e. The summed E-state index contributed by atoms with van der Waals surface area (Å²) >= 11 is 0. The normalized spacial score (nSPS) is 21.7. The second kappa shape index (κ2) is 4.51. The zero-order valence-electron chi connectivity index (χ0n) is 8.34. The Morgan fingerprint density at radius 2 is 1.58 bits per heavy atom. The van der Waals surface area contributed by atoms with E-state index in [4.69, 9.17) is 0 Å². The molecule has 70 valence electrons. The molecule has 2 nitrogen and oxygen atoms in total. The van der Waals surface area contributed by atoms with Gasteiger partial charge in [-0.05, 0) is 39.9 Å². The molecule has 0 radical (unpaired) electrons. The lowest BCUT2D eigenvalue weighted by Crippen LogP contribution is -2.33. The van der Waals surface area contributed by atoms with Crippen LogP contribution in [-0.4, -0.2) is 43.0 Å². The summed E-state index contributed by atoms with van der Waals surface area (Å²) in [4.78, 5) is 4.81. The first-order chi connectivity index (χ1) is 5.70. The predicted molar refractivity (Wildman–Crippen MR) is 53.1 cm³/mol. The molecule has 1 aliphatic heterocycles. The molecule has 0 bridgehead atoms. The van der Waals surface area contributed by atoms with Gasteiger partial charge in [-0.1, -0.05) is 6.58 Å². The zero-order chi connectivity index (χ0) is 8.97. The van der Waals surface area contributed by atoms with Crippen LogP contribution in [0.5, 0.6) is 0 Å². The Labute approximate surface area is 75.8 Å². The van der Waals surface area contributed by atoms with Crippen molar-refractivity contribution >= 4 is 0 Å². The van der Waals surface area contributed by atoms with Gasteiger partial charge in [0, 0.05) is 18.8 Å². The van der Waals surface area contributed by atoms with E-state index in [1.165, 1.54) is 44.7 Å². The van der Waals surface area contributed by atoms with Gasteiger partial charge < -0.3 is 9.80 Å². The number of hydrogen-bond acceptors (Lipinski definition) is 2. The molecule has 1 rings (SSSR count). The number of allylic oxidation sites excluding steroid dienone is 1. The van der Waals surface area contributed by atoms with Crippen LogP contribution in [0, 0.1) is 0 Å². The highest BCUT2D eigenvalue weighted by atomic mass is 15.2. The maximum absolute atomic E-state index is 3.98. The van der Waals surface area contributed by atoms with Crippen molar-refractivity contribution in [2.24, 2.45) is 0 Å². The van der Waals surface area contributed by atoms with Crippen molar-refractivity contribution in [3.05, 3.63) is 12.3 Å². The Kier molecular flexibility index (Phi) is 3.60. The van der Waals surface area contributed by atoms with Crippen LogP contribution in [0.2, 0.25) is 0 Å². The van der Waals surface area contributed by atoms with E-state index in [9.17, 15) is 0 Å². The summed E-state index contributed by atoms with van der Waals surface area (Å²) in [7, 11) is 2.20. The molecule has 0 saturated carbocycles. The van der Waals surface area contributed by atoms with Gasteiger partial charge in [-0.25, -0.2) is 0 Å². The molecule has 0 spiro atoms. The van der Waals surface area contributed by atoms with Crippen LogP contribution in [-0.2, 0) is 0 Å². The van der Waals surface area contributed by atoms with E-state index in [1.54, 1.807) is 0 Å². The van der Waals surface area contributed by atoms with Crippen LogP contribution in [0.1, 0.15) is 19.8 Å². The fourth-order valence-corrected chi connectivity index (χ4v) is 1.67. The molecule has 1 saturated heterocycles. The molecule has 0 aromatic heterocycles. The van der Waals surface area contributed by atoms with Crippen molar-refractivity contribution in [2.45, 2.75) is 19.8 Å². The third-order valence-electron chi connectivity index (χ3n) is 2.48. The van der Waals surface area contributed by atoms with E-state index in [0.717, 1.165) is 0 Å². The van der Waals surface area contributed by atoms with Crippen molar-refractivity contribution in [3.63, 3.8) is 0 Å². The summed E-state index contributed by atoms with van der Waals surface area (Å²) in [5, 5.41) is 0. The van der Waals surface area contributed by atoms with E-state index in [0.29, 0.717) is 0 Å². The first kappa shape index (κ1) is 9.59. The van der Waals surface area contributed by atoms with Crippen molar-refractivity contribution in [2.75, 3.05) is 33.2 Å². The van der Waals surface area contributed by atoms with E-state index in [-0.39, 0.29) is 0 Å². The standard InChI is InChI=1S/C10H20N2/c1-10(2)12-8-4-6-11(3)7-5-9-12/h1,4-9H2,2-3H3. The lowest BCUT2D eigenvalue weighted by Gasteiger charge is -2.29. The van der Waals surface area contributed by atoms with E-state index in [2.05, 4.69) is 30.4 Å². The first-order valence-corrected chi connectivity index (χ1v) is 4.79. The van der Waals surface area contributed by atoms with Gasteiger partial charge in [0.1, 0.15) is 0 Å². The van der Waals surface area contributed by atoms with Crippen molar-refractivity contribution < 1.29 is 0 Å². The molecule has 0 atom stereocenters. The molecule has 0 aromatic rings. The van der Waals surface area contributed by atoms with E-state index < -0.39 is 0 Å². The Hall–Kier alpha value is -0.500. The van der Waals surface area contributed by atoms with Crippen LogP contribution in [0.25, 0.3) is 0 Å². The topological polar surface area (TPSA) is 6.48 Å². The van der Waals surface area contributed by atoms with Gasteiger partial charge in [0.25, 0.3) is 0 Å². The molecule has 1 fully saturated rings. The van der Waals surface area contributed by atoms with Crippen LogP contribution < -0.4 is 0 Å².